The SMILES string of the molecule is c1ccc(-n2c3ccc(-n4c5ccccc5c5c4ccc4c6ccc7c(c8ccccc8n7-c7ccccc7)c6n(-c6ccccc6)c45)cc3c3[nH]ccc32)cc1. The van der Waals surface area contributed by atoms with Crippen LogP contribution in [0, 0.1) is 0 Å². The summed E-state index contributed by atoms with van der Waals surface area (Å²) in [5, 5.41) is 8.65. The molecule has 5 nitrogen and oxygen atoms in total. The van der Waals surface area contributed by atoms with Gasteiger partial charge in [0.25, 0.3) is 0 Å². The van der Waals surface area contributed by atoms with E-state index in [2.05, 4.69) is 211 Å². The third-order valence-electron chi connectivity index (χ3n) is 12.1. The highest BCUT2D eigenvalue weighted by atomic mass is 15.0. The lowest BCUT2D eigenvalue weighted by Crippen LogP contribution is -1.96. The summed E-state index contributed by atoms with van der Waals surface area (Å²) in [6.45, 7) is 0. The predicted octanol–water partition coefficient (Wildman–Crippen LogP) is 13.4. The molecule has 0 radical (unpaired) electrons. The molecular weight excluding hydrogens is 695 g/mol. The maximum absolute atomic E-state index is 3.57. The molecule has 13 aromatic rings. The van der Waals surface area contributed by atoms with Gasteiger partial charge in [0.1, 0.15) is 0 Å². The van der Waals surface area contributed by atoms with E-state index in [9.17, 15) is 0 Å². The summed E-state index contributed by atoms with van der Waals surface area (Å²) in [5.41, 5.74) is 15.3. The summed E-state index contributed by atoms with van der Waals surface area (Å²) >= 11 is 0. The number of hydrogen-bond donors (Lipinski definition) is 1. The summed E-state index contributed by atoms with van der Waals surface area (Å²) in [7, 11) is 0. The molecule has 0 aliphatic carbocycles. The molecule has 13 rings (SSSR count). The van der Waals surface area contributed by atoms with Gasteiger partial charge in [0.15, 0.2) is 0 Å². The van der Waals surface area contributed by atoms with Crippen molar-refractivity contribution in [3.8, 4) is 22.7 Å². The minimum Gasteiger partial charge on any atom is -0.359 e. The molecule has 0 unspecified atom stereocenters. The van der Waals surface area contributed by atoms with Crippen LogP contribution in [0.5, 0.6) is 0 Å². The molecule has 0 saturated heterocycles. The highest BCUT2D eigenvalue weighted by Gasteiger charge is 2.25. The zero-order chi connectivity index (χ0) is 37.2. The second-order valence-electron chi connectivity index (χ2n) is 15.0. The first-order valence-electron chi connectivity index (χ1n) is 19.5. The lowest BCUT2D eigenvalue weighted by atomic mass is 10.1. The highest BCUT2D eigenvalue weighted by Crippen LogP contribution is 2.46. The van der Waals surface area contributed by atoms with Crippen LogP contribution in [-0.2, 0) is 0 Å². The molecule has 5 aromatic heterocycles. The second-order valence-corrected chi connectivity index (χ2v) is 15.0. The number of para-hydroxylation sites is 5. The Kier molecular flexibility index (Phi) is 6.10. The minimum absolute atomic E-state index is 1.13. The monoisotopic (exact) mass is 727 g/mol. The van der Waals surface area contributed by atoms with Gasteiger partial charge in [0.05, 0.1) is 49.7 Å². The van der Waals surface area contributed by atoms with Crippen molar-refractivity contribution in [3.63, 3.8) is 0 Å². The highest BCUT2D eigenvalue weighted by molar-refractivity contribution is 6.31. The van der Waals surface area contributed by atoms with E-state index in [1.807, 2.05) is 6.20 Å². The number of nitrogens with one attached hydrogen (secondary N) is 1. The van der Waals surface area contributed by atoms with Gasteiger partial charge in [0, 0.05) is 66.6 Å². The van der Waals surface area contributed by atoms with Crippen LogP contribution in [0.3, 0.4) is 0 Å². The molecule has 8 aromatic carbocycles. The van der Waals surface area contributed by atoms with Gasteiger partial charge in [0.2, 0.25) is 0 Å². The molecule has 57 heavy (non-hydrogen) atoms. The zero-order valence-corrected chi connectivity index (χ0v) is 30.8. The van der Waals surface area contributed by atoms with Crippen LogP contribution >= 0.6 is 0 Å². The topological polar surface area (TPSA) is 35.5 Å². The largest absolute Gasteiger partial charge is 0.359 e. The molecule has 0 aliphatic heterocycles. The van der Waals surface area contributed by atoms with E-state index in [0.717, 1.165) is 28.3 Å². The summed E-state index contributed by atoms with van der Waals surface area (Å²) in [5.74, 6) is 0. The van der Waals surface area contributed by atoms with Crippen molar-refractivity contribution < 1.29 is 0 Å². The molecule has 5 heteroatoms. The lowest BCUT2D eigenvalue weighted by Gasteiger charge is -2.11. The average Bonchev–Trinajstić information content (AvgIpc) is 4.08. The number of rotatable bonds is 4. The van der Waals surface area contributed by atoms with Gasteiger partial charge in [-0.3, -0.25) is 0 Å². The number of fused-ring (bicyclic) bond motifs is 14. The van der Waals surface area contributed by atoms with Gasteiger partial charge in [-0.1, -0.05) is 103 Å². The van der Waals surface area contributed by atoms with E-state index in [4.69, 9.17) is 0 Å². The predicted molar refractivity (Wildman–Crippen MR) is 238 cm³/mol. The molecule has 0 bridgehead atoms. The molecule has 0 spiro atoms. The summed E-state index contributed by atoms with van der Waals surface area (Å²) in [4.78, 5) is 3.57. The van der Waals surface area contributed by atoms with Gasteiger partial charge in [-0.2, -0.15) is 0 Å². The molecule has 0 saturated carbocycles. The first kappa shape index (κ1) is 30.6. The third-order valence-corrected chi connectivity index (χ3v) is 12.1. The maximum atomic E-state index is 3.57. The van der Waals surface area contributed by atoms with Crippen molar-refractivity contribution in [2.45, 2.75) is 0 Å². The molecule has 0 amide bonds. The fourth-order valence-electron chi connectivity index (χ4n) is 9.87. The summed E-state index contributed by atoms with van der Waals surface area (Å²) in [6.07, 6.45) is 2.05. The molecule has 0 aliphatic rings. The maximum Gasteiger partial charge on any atom is 0.0720 e. The first-order valence-corrected chi connectivity index (χ1v) is 19.5. The van der Waals surface area contributed by atoms with E-state index in [1.54, 1.807) is 0 Å². The second kappa shape index (κ2) is 11.4. The third kappa shape index (κ3) is 4.07. The van der Waals surface area contributed by atoms with Crippen LogP contribution in [0.4, 0.5) is 0 Å². The zero-order valence-electron chi connectivity index (χ0n) is 30.8. The van der Waals surface area contributed by atoms with Gasteiger partial charge in [-0.05, 0) is 84.9 Å². The van der Waals surface area contributed by atoms with Crippen molar-refractivity contribution in [1.29, 1.82) is 0 Å². The summed E-state index contributed by atoms with van der Waals surface area (Å²) < 4.78 is 9.77. The lowest BCUT2D eigenvalue weighted by molar-refractivity contribution is 1.16. The molecule has 1 N–H and O–H groups in total. The van der Waals surface area contributed by atoms with E-state index < -0.39 is 0 Å². The normalized spacial score (nSPS) is 12.2. The number of aromatic amines is 1. The molecule has 266 valence electrons. The molecule has 5 heterocycles. The smallest absolute Gasteiger partial charge is 0.0720 e. The summed E-state index contributed by atoms with van der Waals surface area (Å²) in [6, 6.07) is 68.5. The van der Waals surface area contributed by atoms with Crippen molar-refractivity contribution in [2.75, 3.05) is 0 Å². The van der Waals surface area contributed by atoms with Gasteiger partial charge in [-0.25, -0.2) is 0 Å². The molecule has 0 fully saturated rings. The van der Waals surface area contributed by atoms with Crippen molar-refractivity contribution in [1.82, 2.24) is 23.3 Å². The quantitative estimate of drug-likeness (QED) is 0.187. The number of aromatic nitrogens is 5. The van der Waals surface area contributed by atoms with Crippen LogP contribution in [-0.4, -0.2) is 23.3 Å². The van der Waals surface area contributed by atoms with E-state index in [0.29, 0.717) is 0 Å². The van der Waals surface area contributed by atoms with Crippen molar-refractivity contribution in [2.24, 2.45) is 0 Å². The van der Waals surface area contributed by atoms with Crippen LogP contribution in [0.2, 0.25) is 0 Å². The van der Waals surface area contributed by atoms with Gasteiger partial charge < -0.3 is 23.3 Å². The number of H-pyrrole nitrogens is 1. The van der Waals surface area contributed by atoms with Crippen LogP contribution in [0.15, 0.2) is 194 Å². The molecule has 0 atom stereocenters. The van der Waals surface area contributed by atoms with Crippen LogP contribution in [0.25, 0.3) is 110 Å². The molecular formula is C52H33N5. The Bertz CT molecular complexity index is 3720. The van der Waals surface area contributed by atoms with Gasteiger partial charge >= 0.3 is 0 Å². The standard InChI is InChI=1S/C52H33N5/c1-4-14-33(15-5-1)54-42-22-12-10-20-39(42)48-45(54)28-25-37-38-26-29-46-49(52(38)57(51(37)48)35-18-8-3-9-19-35)40-21-11-13-23-43(40)56(46)36-24-27-44-41(32-36)50-47(30-31-53-50)55(44)34-16-6-2-7-17-34/h1-32,53H. The minimum atomic E-state index is 1.13. The van der Waals surface area contributed by atoms with Gasteiger partial charge in [-0.15, -0.1) is 0 Å². The van der Waals surface area contributed by atoms with Crippen molar-refractivity contribution >= 4 is 87.4 Å². The van der Waals surface area contributed by atoms with Crippen molar-refractivity contribution in [3.05, 3.63) is 194 Å². The van der Waals surface area contributed by atoms with Crippen LogP contribution < -0.4 is 0 Å². The Labute approximate surface area is 326 Å². The number of benzene rings is 8. The number of hydrogen-bond acceptors (Lipinski definition) is 0. The fraction of sp³-hybridized carbons (Fsp3) is 0. The Morgan fingerprint density at radius 2 is 0.719 bits per heavy atom. The Balaban J connectivity index is 1.18. The average molecular weight is 728 g/mol. The Morgan fingerprint density at radius 1 is 0.281 bits per heavy atom. The number of nitrogens with zero attached hydrogens (tertiary/aromatic N) is 4. The van der Waals surface area contributed by atoms with E-state index >= 15 is 0 Å². The van der Waals surface area contributed by atoms with Crippen LogP contribution in [0.1, 0.15) is 0 Å². The van der Waals surface area contributed by atoms with E-state index in [-0.39, 0.29) is 0 Å². The fourth-order valence-corrected chi connectivity index (χ4v) is 9.87. The first-order chi connectivity index (χ1) is 28.3. The Morgan fingerprint density at radius 3 is 1.28 bits per heavy atom. The van der Waals surface area contributed by atoms with E-state index in [1.165, 1.54) is 81.8 Å². The Hall–Kier alpha value is -7.76.